The van der Waals surface area contributed by atoms with Crippen molar-refractivity contribution in [1.29, 1.82) is 0 Å². The molecule has 19 heavy (non-hydrogen) atoms. The number of aromatic nitrogens is 3. The fraction of sp³-hybridized carbons (Fsp3) is 0.571. The zero-order valence-corrected chi connectivity index (χ0v) is 14.5. The van der Waals surface area contributed by atoms with Crippen LogP contribution in [0.2, 0.25) is 0 Å². The van der Waals surface area contributed by atoms with E-state index < -0.39 is 0 Å². The summed E-state index contributed by atoms with van der Waals surface area (Å²) in [5.41, 5.74) is 3.11. The summed E-state index contributed by atoms with van der Waals surface area (Å²) in [6, 6.07) is 2.17. The Hall–Kier alpha value is -0.420. The highest BCUT2D eigenvalue weighted by Gasteiger charge is 2.15. The second-order valence-electron chi connectivity index (χ2n) is 4.97. The van der Waals surface area contributed by atoms with Crippen molar-refractivity contribution >= 4 is 42.9 Å². The lowest BCUT2D eigenvalue weighted by atomic mass is 9.92. The summed E-state index contributed by atoms with van der Waals surface area (Å²) in [5, 5.41) is 11.1. The van der Waals surface area contributed by atoms with Crippen molar-refractivity contribution in [3.05, 3.63) is 20.6 Å². The first-order valence-corrected chi connectivity index (χ1v) is 8.43. The predicted molar refractivity (Wildman–Crippen MR) is 86.3 cm³/mol. The zero-order chi connectivity index (χ0) is 13.8. The lowest BCUT2D eigenvalue weighted by Crippen LogP contribution is -2.04. The molecule has 0 aliphatic carbocycles. The lowest BCUT2D eigenvalue weighted by molar-refractivity contribution is 0.448. The van der Waals surface area contributed by atoms with Crippen molar-refractivity contribution in [2.45, 2.75) is 46.0 Å². The van der Waals surface area contributed by atoms with Gasteiger partial charge in [0.1, 0.15) is 11.0 Å². The highest BCUT2D eigenvalue weighted by Crippen LogP contribution is 2.33. The van der Waals surface area contributed by atoms with E-state index >= 15 is 0 Å². The highest BCUT2D eigenvalue weighted by molar-refractivity contribution is 9.11. The molecule has 3 nitrogen and oxygen atoms in total. The number of aromatic amines is 1. The Labute approximate surface area is 130 Å². The van der Waals surface area contributed by atoms with E-state index in [1.807, 2.05) is 0 Å². The number of unbranched alkanes of at least 4 members (excludes halogenated alkanes) is 1. The number of halogens is 2. The molecule has 104 valence electrons. The van der Waals surface area contributed by atoms with E-state index in [0.717, 1.165) is 32.3 Å². The van der Waals surface area contributed by atoms with E-state index in [0.29, 0.717) is 0 Å². The van der Waals surface area contributed by atoms with E-state index in [1.54, 1.807) is 0 Å². The Bertz CT molecular complexity index is 551. The largest absolute Gasteiger partial charge is 0.197 e. The van der Waals surface area contributed by atoms with E-state index in [1.165, 1.54) is 31.2 Å². The van der Waals surface area contributed by atoms with E-state index in [-0.39, 0.29) is 0 Å². The van der Waals surface area contributed by atoms with Crippen LogP contribution in [0.4, 0.5) is 0 Å². The van der Waals surface area contributed by atoms with Gasteiger partial charge in [0, 0.05) is 4.47 Å². The molecule has 0 aliphatic rings. The molecular weight excluding hydrogens is 370 g/mol. The quantitative estimate of drug-likeness (QED) is 0.734. The number of nitrogens with one attached hydrogen (secondary N) is 1. The molecule has 0 bridgehead atoms. The number of nitrogens with zero attached hydrogens (tertiary/aromatic N) is 2. The van der Waals surface area contributed by atoms with Crippen molar-refractivity contribution in [1.82, 2.24) is 15.4 Å². The first-order chi connectivity index (χ1) is 9.17. The Morgan fingerprint density at radius 1 is 1.21 bits per heavy atom. The van der Waals surface area contributed by atoms with Gasteiger partial charge >= 0.3 is 0 Å². The van der Waals surface area contributed by atoms with Crippen LogP contribution >= 0.6 is 31.9 Å². The molecule has 2 rings (SSSR count). The number of H-pyrrole nitrogens is 1. The van der Waals surface area contributed by atoms with Crippen LogP contribution in [0.3, 0.4) is 0 Å². The molecule has 0 radical (unpaired) electrons. The third-order valence-electron chi connectivity index (χ3n) is 3.62. The standard InChI is InChI=1S/C14H19Br2N3/c1-3-5-6-9(4-2)7-10-8-11(15)13-14(12(10)16)18-19-17-13/h8-9H,3-7H2,1-2H3,(H,17,18,19). The van der Waals surface area contributed by atoms with Crippen LogP contribution < -0.4 is 0 Å². The number of fused-ring (bicyclic) bond motifs is 1. The van der Waals surface area contributed by atoms with Crippen LogP contribution in [-0.2, 0) is 6.42 Å². The van der Waals surface area contributed by atoms with Crippen molar-refractivity contribution in [2.24, 2.45) is 5.92 Å². The zero-order valence-electron chi connectivity index (χ0n) is 11.3. The molecule has 2 aromatic rings. The summed E-state index contributed by atoms with van der Waals surface area (Å²) in [5.74, 6) is 0.743. The molecule has 5 heteroatoms. The second kappa shape index (κ2) is 6.84. The molecule has 0 spiro atoms. The van der Waals surface area contributed by atoms with Gasteiger partial charge in [-0.1, -0.05) is 39.5 Å². The minimum Gasteiger partial charge on any atom is -0.197 e. The Balaban J connectivity index is 2.26. The van der Waals surface area contributed by atoms with Gasteiger partial charge in [-0.25, -0.2) is 0 Å². The summed E-state index contributed by atoms with van der Waals surface area (Å²) in [6.07, 6.45) is 6.19. The number of rotatable bonds is 6. The average molecular weight is 389 g/mol. The molecule has 1 N–H and O–H groups in total. The third-order valence-corrected chi connectivity index (χ3v) is 5.11. The van der Waals surface area contributed by atoms with E-state index in [9.17, 15) is 0 Å². The SMILES string of the molecule is CCCCC(CC)Cc1cc(Br)c2n[nH]nc2c1Br. The minimum absolute atomic E-state index is 0.743. The van der Waals surface area contributed by atoms with Crippen LogP contribution in [0.1, 0.15) is 45.1 Å². The van der Waals surface area contributed by atoms with Gasteiger partial charge in [-0.3, -0.25) is 0 Å². The maximum absolute atomic E-state index is 4.22. The summed E-state index contributed by atoms with van der Waals surface area (Å²) in [6.45, 7) is 4.53. The maximum atomic E-state index is 4.22. The van der Waals surface area contributed by atoms with E-state index in [4.69, 9.17) is 0 Å². The highest BCUT2D eigenvalue weighted by atomic mass is 79.9. The fourth-order valence-corrected chi connectivity index (χ4v) is 3.50. The van der Waals surface area contributed by atoms with Crippen molar-refractivity contribution < 1.29 is 0 Å². The Kier molecular flexibility index (Phi) is 5.39. The van der Waals surface area contributed by atoms with Crippen LogP contribution in [0, 0.1) is 5.92 Å². The van der Waals surface area contributed by atoms with Crippen molar-refractivity contribution in [3.8, 4) is 0 Å². The van der Waals surface area contributed by atoms with Crippen LogP contribution in [0.25, 0.3) is 11.0 Å². The molecule has 1 atom stereocenters. The first kappa shape index (κ1) is 15.0. The normalized spacial score (nSPS) is 13.1. The number of hydrogen-bond donors (Lipinski definition) is 1. The van der Waals surface area contributed by atoms with Gasteiger partial charge in [0.2, 0.25) is 0 Å². The molecule has 0 saturated heterocycles. The molecule has 0 fully saturated rings. The molecule has 1 unspecified atom stereocenters. The van der Waals surface area contributed by atoms with E-state index in [2.05, 4.69) is 67.2 Å². The third kappa shape index (κ3) is 3.37. The molecule has 1 aromatic carbocycles. The van der Waals surface area contributed by atoms with Crippen molar-refractivity contribution in [2.75, 3.05) is 0 Å². The number of hydrogen-bond acceptors (Lipinski definition) is 2. The van der Waals surface area contributed by atoms with Gasteiger partial charge in [0.15, 0.2) is 0 Å². The first-order valence-electron chi connectivity index (χ1n) is 6.84. The monoisotopic (exact) mass is 387 g/mol. The summed E-state index contributed by atoms with van der Waals surface area (Å²) in [7, 11) is 0. The topological polar surface area (TPSA) is 41.6 Å². The van der Waals surface area contributed by atoms with Crippen LogP contribution in [0.15, 0.2) is 15.0 Å². The number of benzene rings is 1. The predicted octanol–water partition coefficient (Wildman–Crippen LogP) is 5.24. The molecule has 0 aliphatic heterocycles. The average Bonchev–Trinajstić information content (AvgIpc) is 2.90. The Morgan fingerprint density at radius 2 is 1.95 bits per heavy atom. The second-order valence-corrected chi connectivity index (χ2v) is 6.62. The lowest BCUT2D eigenvalue weighted by Gasteiger charge is -2.15. The summed E-state index contributed by atoms with van der Waals surface area (Å²) in [4.78, 5) is 0. The fourth-order valence-electron chi connectivity index (χ4n) is 2.39. The van der Waals surface area contributed by atoms with Gasteiger partial charge in [-0.15, -0.1) is 0 Å². The molecule has 0 saturated carbocycles. The van der Waals surface area contributed by atoms with Gasteiger partial charge < -0.3 is 0 Å². The Morgan fingerprint density at radius 3 is 2.63 bits per heavy atom. The summed E-state index contributed by atoms with van der Waals surface area (Å²) >= 11 is 7.26. The van der Waals surface area contributed by atoms with Gasteiger partial charge in [0.05, 0.1) is 4.47 Å². The molecule has 1 aromatic heterocycles. The van der Waals surface area contributed by atoms with Crippen LogP contribution in [-0.4, -0.2) is 15.4 Å². The summed E-state index contributed by atoms with van der Waals surface area (Å²) < 4.78 is 2.09. The van der Waals surface area contributed by atoms with Crippen LogP contribution in [0.5, 0.6) is 0 Å². The molecule has 1 heterocycles. The van der Waals surface area contributed by atoms with Gasteiger partial charge in [-0.05, 0) is 55.8 Å². The molecular formula is C14H19Br2N3. The minimum atomic E-state index is 0.743. The van der Waals surface area contributed by atoms with Gasteiger partial charge in [0.25, 0.3) is 0 Å². The van der Waals surface area contributed by atoms with Gasteiger partial charge in [-0.2, -0.15) is 15.4 Å². The molecule has 0 amide bonds. The van der Waals surface area contributed by atoms with Crippen molar-refractivity contribution in [3.63, 3.8) is 0 Å². The smallest absolute Gasteiger partial charge is 0.128 e. The maximum Gasteiger partial charge on any atom is 0.128 e.